The van der Waals surface area contributed by atoms with Crippen molar-refractivity contribution in [2.75, 3.05) is 11.9 Å². The van der Waals surface area contributed by atoms with Crippen LogP contribution in [0.1, 0.15) is 0 Å². The van der Waals surface area contributed by atoms with Crippen LogP contribution >= 0.6 is 27.5 Å². The molecule has 0 radical (unpaired) electrons. The van der Waals surface area contributed by atoms with Gasteiger partial charge in [0, 0.05) is 16.7 Å². The van der Waals surface area contributed by atoms with Crippen LogP contribution in [0.15, 0.2) is 29.3 Å². The maximum absolute atomic E-state index is 13.1. The first-order chi connectivity index (χ1) is 8.40. The van der Waals surface area contributed by atoms with Crippen LogP contribution in [0.4, 0.5) is 10.1 Å². The topological polar surface area (TPSA) is 58.2 Å². The molecule has 7 heteroatoms. The minimum atomic E-state index is -0.898. The lowest BCUT2D eigenvalue weighted by atomic mass is 10.3. The third kappa shape index (κ3) is 4.46. The van der Waals surface area contributed by atoms with Crippen molar-refractivity contribution >= 4 is 45.0 Å². The summed E-state index contributed by atoms with van der Waals surface area (Å²) in [7, 11) is 0. The van der Waals surface area contributed by atoms with E-state index in [1.807, 2.05) is 0 Å². The highest BCUT2D eigenvalue weighted by atomic mass is 79.9. The third-order valence-electron chi connectivity index (χ3n) is 1.82. The van der Waals surface area contributed by atoms with Crippen molar-refractivity contribution in [3.05, 3.63) is 40.1 Å². The second-order valence-electron chi connectivity index (χ2n) is 3.28. The van der Waals surface area contributed by atoms with Gasteiger partial charge in [-0.15, -0.1) is 0 Å². The summed E-state index contributed by atoms with van der Waals surface area (Å²) in [5.74, 6) is -2.42. The summed E-state index contributed by atoms with van der Waals surface area (Å²) in [6.07, 6.45) is 0. The van der Waals surface area contributed by atoms with Crippen LogP contribution in [0, 0.1) is 5.82 Å². The number of rotatable bonds is 3. The van der Waals surface area contributed by atoms with Crippen molar-refractivity contribution in [3.8, 4) is 0 Å². The normalized spacial score (nSPS) is 9.72. The van der Waals surface area contributed by atoms with Gasteiger partial charge in [0.25, 0.3) is 0 Å². The Morgan fingerprint density at radius 1 is 1.39 bits per heavy atom. The first-order valence-electron chi connectivity index (χ1n) is 4.77. The van der Waals surface area contributed by atoms with Gasteiger partial charge >= 0.3 is 11.8 Å². The van der Waals surface area contributed by atoms with E-state index in [1.165, 1.54) is 12.1 Å². The van der Waals surface area contributed by atoms with Gasteiger partial charge in [0.15, 0.2) is 0 Å². The van der Waals surface area contributed by atoms with Gasteiger partial charge in [0.2, 0.25) is 0 Å². The minimum Gasteiger partial charge on any atom is -0.343 e. The maximum Gasteiger partial charge on any atom is 0.313 e. The molecule has 0 unspecified atom stereocenters. The zero-order chi connectivity index (χ0) is 13.7. The Hall–Kier alpha value is -1.40. The predicted octanol–water partition coefficient (Wildman–Crippen LogP) is 2.44. The lowest BCUT2D eigenvalue weighted by molar-refractivity contribution is -0.136. The molecule has 0 saturated heterocycles. The SMILES string of the molecule is C=C(Br)CNC(=O)C(=O)Nc1ccc(Cl)c(F)c1. The second kappa shape index (κ2) is 6.51. The van der Waals surface area contributed by atoms with E-state index < -0.39 is 17.6 Å². The Morgan fingerprint density at radius 2 is 2.06 bits per heavy atom. The zero-order valence-electron chi connectivity index (χ0n) is 9.10. The fourth-order valence-corrected chi connectivity index (χ4v) is 1.28. The Kier molecular flexibility index (Phi) is 5.30. The van der Waals surface area contributed by atoms with E-state index in [1.54, 1.807) is 0 Å². The molecule has 0 spiro atoms. The van der Waals surface area contributed by atoms with Gasteiger partial charge in [0.05, 0.1) is 5.02 Å². The molecule has 0 heterocycles. The van der Waals surface area contributed by atoms with Gasteiger partial charge in [-0.3, -0.25) is 9.59 Å². The van der Waals surface area contributed by atoms with Crippen LogP contribution in [0.2, 0.25) is 5.02 Å². The molecule has 0 aromatic heterocycles. The van der Waals surface area contributed by atoms with Gasteiger partial charge in [-0.1, -0.05) is 34.1 Å². The largest absolute Gasteiger partial charge is 0.343 e. The Balaban J connectivity index is 2.61. The van der Waals surface area contributed by atoms with E-state index in [9.17, 15) is 14.0 Å². The van der Waals surface area contributed by atoms with E-state index in [0.29, 0.717) is 4.48 Å². The minimum absolute atomic E-state index is 0.0620. The number of benzene rings is 1. The number of carbonyl (C=O) groups excluding carboxylic acids is 2. The van der Waals surface area contributed by atoms with Crippen LogP contribution in [0.3, 0.4) is 0 Å². The van der Waals surface area contributed by atoms with E-state index >= 15 is 0 Å². The van der Waals surface area contributed by atoms with E-state index in [0.717, 1.165) is 6.07 Å². The Bertz CT molecular complexity index is 508. The van der Waals surface area contributed by atoms with Crippen molar-refractivity contribution in [2.24, 2.45) is 0 Å². The smallest absolute Gasteiger partial charge is 0.313 e. The van der Waals surface area contributed by atoms with E-state index in [2.05, 4.69) is 33.1 Å². The average molecular weight is 336 g/mol. The van der Waals surface area contributed by atoms with Crippen molar-refractivity contribution in [2.45, 2.75) is 0 Å². The molecule has 0 aliphatic heterocycles. The molecule has 4 nitrogen and oxygen atoms in total. The fourth-order valence-electron chi connectivity index (χ4n) is 1.02. The summed E-state index contributed by atoms with van der Waals surface area (Å²) >= 11 is 8.51. The number of hydrogen-bond acceptors (Lipinski definition) is 2. The van der Waals surface area contributed by atoms with E-state index in [-0.39, 0.29) is 17.3 Å². The van der Waals surface area contributed by atoms with E-state index in [4.69, 9.17) is 11.6 Å². The molecule has 0 atom stereocenters. The number of carbonyl (C=O) groups is 2. The highest BCUT2D eigenvalue weighted by Gasteiger charge is 2.13. The molecular formula is C11H9BrClFN2O2. The molecule has 1 aromatic rings. The molecule has 1 rings (SSSR count). The monoisotopic (exact) mass is 334 g/mol. The van der Waals surface area contributed by atoms with Gasteiger partial charge in [-0.25, -0.2) is 4.39 Å². The second-order valence-corrected chi connectivity index (χ2v) is 4.81. The third-order valence-corrected chi connectivity index (χ3v) is 2.41. The fraction of sp³-hybridized carbons (Fsp3) is 0.0909. The molecule has 2 amide bonds. The van der Waals surface area contributed by atoms with Crippen LogP contribution in [-0.4, -0.2) is 18.4 Å². The van der Waals surface area contributed by atoms with Crippen molar-refractivity contribution < 1.29 is 14.0 Å². The van der Waals surface area contributed by atoms with Crippen molar-refractivity contribution in [1.29, 1.82) is 0 Å². The molecule has 1 aromatic carbocycles. The zero-order valence-corrected chi connectivity index (χ0v) is 11.4. The molecule has 0 aliphatic rings. The predicted molar refractivity (Wildman–Crippen MR) is 71.1 cm³/mol. The first kappa shape index (κ1) is 14.7. The molecule has 0 bridgehead atoms. The summed E-state index contributed by atoms with van der Waals surface area (Å²) in [6, 6.07) is 3.70. The summed E-state index contributed by atoms with van der Waals surface area (Å²) < 4.78 is 13.6. The summed E-state index contributed by atoms with van der Waals surface area (Å²) in [5, 5.41) is 4.49. The number of nitrogens with one attached hydrogen (secondary N) is 2. The average Bonchev–Trinajstić information content (AvgIpc) is 2.30. The summed E-state index contributed by atoms with van der Waals surface area (Å²) in [5.41, 5.74) is 0.148. The van der Waals surface area contributed by atoms with Crippen LogP contribution in [0.25, 0.3) is 0 Å². The number of anilines is 1. The standard InChI is InChI=1S/C11H9BrClFN2O2/c1-6(12)5-15-10(17)11(18)16-7-2-3-8(13)9(14)4-7/h2-4H,1,5H2,(H,15,17)(H,16,18). The highest BCUT2D eigenvalue weighted by molar-refractivity contribution is 9.11. The lowest BCUT2D eigenvalue weighted by Gasteiger charge is -2.06. The first-order valence-corrected chi connectivity index (χ1v) is 5.94. The number of amides is 2. The maximum atomic E-state index is 13.1. The lowest BCUT2D eigenvalue weighted by Crippen LogP contribution is -2.35. The van der Waals surface area contributed by atoms with Gasteiger partial charge in [-0.05, 0) is 18.2 Å². The Labute approximate surface area is 116 Å². The van der Waals surface area contributed by atoms with Crippen molar-refractivity contribution in [3.63, 3.8) is 0 Å². The van der Waals surface area contributed by atoms with Gasteiger partial charge in [0.1, 0.15) is 5.82 Å². The molecule has 96 valence electrons. The summed E-state index contributed by atoms with van der Waals surface area (Å²) in [6.45, 7) is 3.62. The molecule has 2 N–H and O–H groups in total. The summed E-state index contributed by atoms with van der Waals surface area (Å²) in [4.78, 5) is 22.7. The Morgan fingerprint density at radius 3 is 2.61 bits per heavy atom. The molecule has 0 fully saturated rings. The highest BCUT2D eigenvalue weighted by Crippen LogP contribution is 2.18. The van der Waals surface area contributed by atoms with Gasteiger partial charge < -0.3 is 10.6 Å². The quantitative estimate of drug-likeness (QED) is 0.834. The van der Waals surface area contributed by atoms with Gasteiger partial charge in [-0.2, -0.15) is 0 Å². The number of halogens is 3. The van der Waals surface area contributed by atoms with Crippen LogP contribution in [-0.2, 0) is 9.59 Å². The number of hydrogen-bond donors (Lipinski definition) is 2. The van der Waals surface area contributed by atoms with Crippen LogP contribution < -0.4 is 10.6 Å². The van der Waals surface area contributed by atoms with Crippen molar-refractivity contribution in [1.82, 2.24) is 5.32 Å². The van der Waals surface area contributed by atoms with Crippen LogP contribution in [0.5, 0.6) is 0 Å². The molecule has 0 saturated carbocycles. The molecule has 18 heavy (non-hydrogen) atoms. The molecular weight excluding hydrogens is 326 g/mol. The molecule has 0 aliphatic carbocycles.